The molecule has 0 saturated carbocycles. The van der Waals surface area contributed by atoms with Crippen LogP contribution in [-0.4, -0.2) is 135 Å². The number of methoxy groups -OCH3 is 2. The molecule has 1 amide bonds. The van der Waals surface area contributed by atoms with Gasteiger partial charge in [0.25, 0.3) is 5.91 Å². The minimum Gasteiger partial charge on any atom is -0.467 e. The van der Waals surface area contributed by atoms with Crippen molar-refractivity contribution in [1.29, 1.82) is 0 Å². The van der Waals surface area contributed by atoms with Gasteiger partial charge in [0.2, 0.25) is 6.29 Å². The van der Waals surface area contributed by atoms with Crippen LogP contribution >= 0.6 is 0 Å². The molecule has 15 nitrogen and oxygen atoms in total. The summed E-state index contributed by atoms with van der Waals surface area (Å²) in [4.78, 5) is 36.6. The van der Waals surface area contributed by atoms with Gasteiger partial charge in [-0.3, -0.25) is 9.59 Å². The zero-order chi connectivity index (χ0) is 32.7. The Hall–Kier alpha value is -2.89. The first-order valence-corrected chi connectivity index (χ1v) is 14.8. The smallest absolute Gasteiger partial charge is 0.335 e. The molecule has 45 heavy (non-hydrogen) atoms. The zero-order valence-corrected chi connectivity index (χ0v) is 26.3. The Balaban J connectivity index is 1.67. The predicted molar refractivity (Wildman–Crippen MR) is 157 cm³/mol. The Bertz CT molecular complexity index is 993. The maximum Gasteiger partial charge on any atom is 0.335 e. The van der Waals surface area contributed by atoms with E-state index in [2.05, 4.69) is 5.32 Å². The van der Waals surface area contributed by atoms with Crippen LogP contribution < -0.4 is 10.1 Å². The molecule has 2 rings (SSSR count). The van der Waals surface area contributed by atoms with E-state index in [1.165, 1.54) is 26.2 Å². The van der Waals surface area contributed by atoms with Gasteiger partial charge in [0.15, 0.2) is 6.10 Å². The number of rotatable bonds is 24. The van der Waals surface area contributed by atoms with Crippen LogP contribution in [0.15, 0.2) is 18.2 Å². The second kappa shape index (κ2) is 23.4. The first kappa shape index (κ1) is 38.3. The number of ether oxygens (including phenoxy) is 10. The summed E-state index contributed by atoms with van der Waals surface area (Å²) in [5.41, 5.74) is 0.647. The van der Waals surface area contributed by atoms with E-state index in [0.717, 1.165) is 0 Å². The topological polar surface area (TPSA) is 176 Å². The highest BCUT2D eigenvalue weighted by atomic mass is 16.7. The van der Waals surface area contributed by atoms with Gasteiger partial charge in [-0.2, -0.15) is 0 Å². The molecule has 256 valence electrons. The maximum atomic E-state index is 13.0. The molecule has 1 aliphatic heterocycles. The van der Waals surface area contributed by atoms with Gasteiger partial charge in [0.1, 0.15) is 11.9 Å². The second-order valence-electron chi connectivity index (χ2n) is 9.70. The van der Waals surface area contributed by atoms with Crippen molar-refractivity contribution in [2.24, 2.45) is 0 Å². The van der Waals surface area contributed by atoms with Crippen molar-refractivity contribution in [1.82, 2.24) is 5.32 Å². The van der Waals surface area contributed by atoms with Crippen molar-refractivity contribution in [2.75, 3.05) is 93.4 Å². The van der Waals surface area contributed by atoms with E-state index in [1.54, 1.807) is 13.2 Å². The molecule has 1 fully saturated rings. The van der Waals surface area contributed by atoms with E-state index < -0.39 is 36.3 Å². The fraction of sp³-hybridized carbons (Fsp3) is 0.700. The quantitative estimate of drug-likeness (QED) is 0.118. The van der Waals surface area contributed by atoms with Gasteiger partial charge in [-0.1, -0.05) is 6.07 Å². The summed E-state index contributed by atoms with van der Waals surface area (Å²) in [5.74, 6) is -1.44. The lowest BCUT2D eigenvalue weighted by Gasteiger charge is -2.33. The highest BCUT2D eigenvalue weighted by molar-refractivity contribution is 5.97. The molecule has 0 aliphatic carbocycles. The lowest BCUT2D eigenvalue weighted by atomic mass is 10.0. The number of carbonyl (C=O) groups is 3. The molecule has 1 aromatic carbocycles. The Labute approximate surface area is 263 Å². The van der Waals surface area contributed by atoms with Gasteiger partial charge < -0.3 is 57.8 Å². The highest BCUT2D eigenvalue weighted by Gasteiger charge is 2.37. The molecule has 1 saturated heterocycles. The third kappa shape index (κ3) is 16.3. The van der Waals surface area contributed by atoms with E-state index in [1.807, 2.05) is 0 Å². The molecule has 0 bridgehead atoms. The molecule has 15 heteroatoms. The number of amides is 1. The largest absolute Gasteiger partial charge is 0.467 e. The van der Waals surface area contributed by atoms with Crippen LogP contribution in [-0.2, 0) is 58.8 Å². The summed E-state index contributed by atoms with van der Waals surface area (Å²) < 4.78 is 53.7. The van der Waals surface area contributed by atoms with E-state index in [9.17, 15) is 19.5 Å². The first-order valence-electron chi connectivity index (χ1n) is 14.8. The van der Waals surface area contributed by atoms with Gasteiger partial charge in [-0.05, 0) is 17.7 Å². The molecular formula is C30H47NO14. The summed E-state index contributed by atoms with van der Waals surface area (Å²) in [7, 11) is 2.85. The van der Waals surface area contributed by atoms with Crippen molar-refractivity contribution in [2.45, 2.75) is 44.9 Å². The minimum atomic E-state index is -1.01. The summed E-state index contributed by atoms with van der Waals surface area (Å²) in [6.45, 7) is 6.03. The minimum absolute atomic E-state index is 0.115. The van der Waals surface area contributed by atoms with Crippen molar-refractivity contribution >= 4 is 17.8 Å². The lowest BCUT2D eigenvalue weighted by Crippen LogP contribution is -2.44. The third-order valence-corrected chi connectivity index (χ3v) is 6.23. The molecule has 0 aromatic heterocycles. The molecule has 0 spiro atoms. The van der Waals surface area contributed by atoms with Gasteiger partial charge in [0.05, 0.1) is 92.0 Å². The molecule has 0 radical (unpaired) electrons. The van der Waals surface area contributed by atoms with E-state index in [4.69, 9.17) is 47.4 Å². The van der Waals surface area contributed by atoms with Crippen molar-refractivity contribution in [3.8, 4) is 5.75 Å². The fourth-order valence-corrected chi connectivity index (χ4v) is 4.09. The second-order valence-corrected chi connectivity index (χ2v) is 9.70. The first-order chi connectivity index (χ1) is 21.9. The molecule has 2 N–H and O–H groups in total. The number of benzene rings is 1. The average molecular weight is 646 g/mol. The van der Waals surface area contributed by atoms with Crippen LogP contribution in [0.1, 0.15) is 35.7 Å². The van der Waals surface area contributed by atoms with Gasteiger partial charge in [-0.15, -0.1) is 0 Å². The standard InChI is InChI=1S/C30H47NO14/c1-22(33)43-24-19-27(30(35)37-3)45-28(20-24)44-26-5-4-23(21-32)18-25(26)29(34)31-6-7-38-10-11-40-14-15-42-17-16-41-13-12-39-9-8-36-2/h4-5,18,24,27-28,32H,6-17,19-21H2,1-3H3,(H,31,34). The van der Waals surface area contributed by atoms with Crippen LogP contribution in [0, 0.1) is 0 Å². The average Bonchev–Trinajstić information content (AvgIpc) is 3.03. The fourth-order valence-electron chi connectivity index (χ4n) is 4.09. The number of esters is 2. The van der Waals surface area contributed by atoms with Gasteiger partial charge in [0, 0.05) is 33.4 Å². The monoisotopic (exact) mass is 645 g/mol. The predicted octanol–water partition coefficient (Wildman–Crippen LogP) is 0.627. The molecule has 1 heterocycles. The Morgan fingerprint density at radius 2 is 1.42 bits per heavy atom. The van der Waals surface area contributed by atoms with Crippen LogP contribution in [0.2, 0.25) is 0 Å². The van der Waals surface area contributed by atoms with Crippen molar-refractivity contribution in [3.63, 3.8) is 0 Å². The van der Waals surface area contributed by atoms with Crippen LogP contribution in [0.3, 0.4) is 0 Å². The van der Waals surface area contributed by atoms with Crippen LogP contribution in [0.25, 0.3) is 0 Å². The summed E-state index contributed by atoms with van der Waals surface area (Å²) in [6, 6.07) is 4.62. The Morgan fingerprint density at radius 3 is 1.96 bits per heavy atom. The number of aliphatic hydroxyl groups excluding tert-OH is 1. The van der Waals surface area contributed by atoms with Gasteiger partial charge in [-0.25, -0.2) is 4.79 Å². The van der Waals surface area contributed by atoms with Crippen molar-refractivity contribution in [3.05, 3.63) is 29.3 Å². The summed E-state index contributed by atoms with van der Waals surface area (Å²) >= 11 is 0. The normalized spacial score (nSPS) is 17.9. The maximum absolute atomic E-state index is 13.0. The third-order valence-electron chi connectivity index (χ3n) is 6.23. The number of nitrogens with one attached hydrogen (secondary N) is 1. The van der Waals surface area contributed by atoms with Crippen LogP contribution in [0.5, 0.6) is 5.75 Å². The Morgan fingerprint density at radius 1 is 0.844 bits per heavy atom. The van der Waals surface area contributed by atoms with Crippen molar-refractivity contribution < 1.29 is 66.9 Å². The zero-order valence-electron chi connectivity index (χ0n) is 26.3. The van der Waals surface area contributed by atoms with E-state index in [-0.39, 0.29) is 43.9 Å². The highest BCUT2D eigenvalue weighted by Crippen LogP contribution is 2.28. The number of carbonyl (C=O) groups excluding carboxylic acids is 3. The molecule has 3 atom stereocenters. The Kier molecular flexibility index (Phi) is 20.0. The molecule has 3 unspecified atom stereocenters. The van der Waals surface area contributed by atoms with Gasteiger partial charge >= 0.3 is 11.9 Å². The van der Waals surface area contributed by atoms with E-state index in [0.29, 0.717) is 71.6 Å². The molecular weight excluding hydrogens is 598 g/mol. The molecule has 1 aliphatic rings. The summed E-state index contributed by atoms with van der Waals surface area (Å²) in [6.07, 6.45) is -2.40. The van der Waals surface area contributed by atoms with E-state index >= 15 is 0 Å². The van der Waals surface area contributed by atoms with Crippen LogP contribution in [0.4, 0.5) is 0 Å². The number of hydrogen-bond acceptors (Lipinski definition) is 14. The SMILES string of the molecule is COCCOCCOCCOCCOCCOCCNC(=O)c1cc(CO)ccc1OC1CC(OC(C)=O)CC(C(=O)OC)O1. The number of hydrogen-bond donors (Lipinski definition) is 2. The number of aliphatic hydroxyl groups is 1. The molecule has 1 aromatic rings. The summed E-state index contributed by atoms with van der Waals surface area (Å²) in [5, 5.41) is 12.3. The lowest BCUT2D eigenvalue weighted by molar-refractivity contribution is -0.204.